The van der Waals surface area contributed by atoms with Crippen LogP contribution in [0.3, 0.4) is 0 Å². The number of halogens is 1. The van der Waals surface area contributed by atoms with Crippen LogP contribution in [0, 0.1) is 11.7 Å². The lowest BCUT2D eigenvalue weighted by molar-refractivity contribution is 0.0996. The zero-order chi connectivity index (χ0) is 23.9. The Labute approximate surface area is 191 Å². The number of pyridine rings is 1. The summed E-state index contributed by atoms with van der Waals surface area (Å²) in [6.45, 7) is 7.45. The number of aromatic hydroxyl groups is 1. The van der Waals surface area contributed by atoms with E-state index >= 15 is 4.39 Å². The lowest BCUT2D eigenvalue weighted by Gasteiger charge is -2.34. The van der Waals surface area contributed by atoms with Crippen LogP contribution in [0.2, 0.25) is 0 Å². The molecule has 1 fully saturated rings. The maximum Gasteiger partial charge on any atom is 0.267 e. The van der Waals surface area contributed by atoms with E-state index in [1.54, 1.807) is 30.3 Å². The molecule has 1 saturated heterocycles. The van der Waals surface area contributed by atoms with E-state index in [1.807, 2.05) is 25.8 Å². The van der Waals surface area contributed by atoms with Gasteiger partial charge in [-0.3, -0.25) is 9.59 Å². The standard InChI is InChI=1S/C25H29FN4O3/c1-15(2)14-30-20-6-4-5-17(21(20)23(31)22(24(27)32)25(30)33)16-7-8-19(18(26)13-16)29-11-9-28(3)10-12-29/h4-8,13,15,31H,9-12,14H2,1-3H3,(H2,27,32). The van der Waals surface area contributed by atoms with Crippen LogP contribution in [-0.2, 0) is 6.54 Å². The Balaban J connectivity index is 1.90. The maximum absolute atomic E-state index is 15.2. The fraction of sp³-hybridized carbons (Fsp3) is 0.360. The smallest absolute Gasteiger partial charge is 0.267 e. The molecule has 3 aromatic rings. The highest BCUT2D eigenvalue weighted by atomic mass is 19.1. The number of carbonyl (C=O) groups excluding carboxylic acids is 1. The molecule has 8 heteroatoms. The van der Waals surface area contributed by atoms with Gasteiger partial charge in [0.1, 0.15) is 17.1 Å². The van der Waals surface area contributed by atoms with Gasteiger partial charge in [0.05, 0.1) is 11.2 Å². The largest absolute Gasteiger partial charge is 0.506 e. The van der Waals surface area contributed by atoms with Crippen molar-refractivity contribution in [3.63, 3.8) is 0 Å². The number of benzene rings is 2. The Morgan fingerprint density at radius 3 is 2.45 bits per heavy atom. The number of nitrogens with two attached hydrogens (primary N) is 1. The third kappa shape index (κ3) is 4.18. The average Bonchev–Trinajstić information content (AvgIpc) is 2.76. The van der Waals surface area contributed by atoms with E-state index in [1.165, 1.54) is 10.6 Å². The minimum atomic E-state index is -0.997. The van der Waals surface area contributed by atoms with Crippen LogP contribution in [0.5, 0.6) is 5.75 Å². The number of anilines is 1. The first kappa shape index (κ1) is 22.8. The van der Waals surface area contributed by atoms with Crippen LogP contribution in [0.15, 0.2) is 41.2 Å². The zero-order valence-corrected chi connectivity index (χ0v) is 19.1. The first-order valence-electron chi connectivity index (χ1n) is 11.1. The molecule has 2 aromatic carbocycles. The van der Waals surface area contributed by atoms with E-state index in [9.17, 15) is 14.7 Å². The predicted molar refractivity (Wildman–Crippen MR) is 128 cm³/mol. The molecule has 33 heavy (non-hydrogen) atoms. The molecule has 1 amide bonds. The quantitative estimate of drug-likeness (QED) is 0.621. The van der Waals surface area contributed by atoms with Crippen molar-refractivity contribution in [1.29, 1.82) is 0 Å². The van der Waals surface area contributed by atoms with Crippen LogP contribution in [0.4, 0.5) is 10.1 Å². The second-order valence-electron chi connectivity index (χ2n) is 9.05. The van der Waals surface area contributed by atoms with Gasteiger partial charge < -0.3 is 25.2 Å². The number of primary amides is 1. The molecule has 1 aromatic heterocycles. The number of nitrogens with zero attached hydrogens (tertiary/aromatic N) is 3. The molecular weight excluding hydrogens is 423 g/mol. The highest BCUT2D eigenvalue weighted by Gasteiger charge is 2.24. The van der Waals surface area contributed by atoms with Gasteiger partial charge in [0, 0.05) is 38.1 Å². The SMILES string of the molecule is CC(C)Cn1c(=O)c(C(N)=O)c(O)c2c(-c3ccc(N4CCN(C)CC4)c(F)c3)cccc21. The summed E-state index contributed by atoms with van der Waals surface area (Å²) in [5.41, 5.74) is 6.43. The molecule has 2 heterocycles. The summed E-state index contributed by atoms with van der Waals surface area (Å²) in [7, 11) is 2.04. The van der Waals surface area contributed by atoms with Gasteiger partial charge in [-0.05, 0) is 42.3 Å². The number of piperazine rings is 1. The Bertz CT molecular complexity index is 1280. The third-order valence-corrected chi connectivity index (χ3v) is 6.16. The highest BCUT2D eigenvalue weighted by molar-refractivity contribution is 6.06. The molecule has 1 aliphatic heterocycles. The van der Waals surface area contributed by atoms with E-state index in [0.29, 0.717) is 34.3 Å². The van der Waals surface area contributed by atoms with Gasteiger partial charge in [0.15, 0.2) is 0 Å². The van der Waals surface area contributed by atoms with Crippen LogP contribution in [-0.4, -0.2) is 53.7 Å². The summed E-state index contributed by atoms with van der Waals surface area (Å²) in [6.07, 6.45) is 0. The van der Waals surface area contributed by atoms with Crippen molar-refractivity contribution in [1.82, 2.24) is 9.47 Å². The van der Waals surface area contributed by atoms with E-state index in [-0.39, 0.29) is 11.7 Å². The number of likely N-dealkylation sites (N-methyl/N-ethyl adjacent to an activating group) is 1. The van der Waals surface area contributed by atoms with Gasteiger partial charge in [-0.1, -0.05) is 32.0 Å². The van der Waals surface area contributed by atoms with Crippen molar-refractivity contribution >= 4 is 22.5 Å². The molecule has 0 aliphatic carbocycles. The summed E-state index contributed by atoms with van der Waals surface area (Å²) >= 11 is 0. The molecule has 0 unspecified atom stereocenters. The van der Waals surface area contributed by atoms with E-state index < -0.39 is 22.8 Å². The van der Waals surface area contributed by atoms with Gasteiger partial charge in [0.2, 0.25) is 0 Å². The lowest BCUT2D eigenvalue weighted by atomic mass is 9.97. The Hall–Kier alpha value is -3.39. The fourth-order valence-corrected chi connectivity index (χ4v) is 4.47. The fourth-order valence-electron chi connectivity index (χ4n) is 4.47. The molecule has 0 atom stereocenters. The van der Waals surface area contributed by atoms with Crippen molar-refractivity contribution in [3.05, 3.63) is 58.1 Å². The minimum absolute atomic E-state index is 0.111. The normalized spacial score (nSPS) is 14.9. The van der Waals surface area contributed by atoms with Crippen LogP contribution >= 0.6 is 0 Å². The second kappa shape index (κ2) is 8.86. The van der Waals surface area contributed by atoms with Crippen molar-refractivity contribution in [2.24, 2.45) is 11.7 Å². The number of rotatable bonds is 5. The van der Waals surface area contributed by atoms with Gasteiger partial charge in [-0.15, -0.1) is 0 Å². The maximum atomic E-state index is 15.2. The van der Waals surface area contributed by atoms with Crippen molar-refractivity contribution in [3.8, 4) is 16.9 Å². The van der Waals surface area contributed by atoms with Gasteiger partial charge in [-0.2, -0.15) is 0 Å². The molecule has 3 N–H and O–H groups in total. The molecule has 174 valence electrons. The van der Waals surface area contributed by atoms with Crippen molar-refractivity contribution < 1.29 is 14.3 Å². The van der Waals surface area contributed by atoms with E-state index in [0.717, 1.165) is 26.2 Å². The predicted octanol–water partition coefficient (Wildman–Crippen LogP) is 3.02. The number of hydrogen-bond donors (Lipinski definition) is 2. The second-order valence-corrected chi connectivity index (χ2v) is 9.05. The summed E-state index contributed by atoms with van der Waals surface area (Å²) in [5.74, 6) is -1.72. The number of carbonyl (C=O) groups is 1. The lowest BCUT2D eigenvalue weighted by Crippen LogP contribution is -2.44. The van der Waals surface area contributed by atoms with E-state index in [2.05, 4.69) is 4.90 Å². The summed E-state index contributed by atoms with van der Waals surface area (Å²) in [6, 6.07) is 10.2. The van der Waals surface area contributed by atoms with Crippen molar-refractivity contribution in [2.45, 2.75) is 20.4 Å². The molecule has 0 bridgehead atoms. The first-order valence-corrected chi connectivity index (χ1v) is 11.1. The molecule has 0 radical (unpaired) electrons. The van der Waals surface area contributed by atoms with Crippen molar-refractivity contribution in [2.75, 3.05) is 38.1 Å². The Morgan fingerprint density at radius 1 is 1.15 bits per heavy atom. The molecule has 4 rings (SSSR count). The Kier molecular flexibility index (Phi) is 6.12. The highest BCUT2D eigenvalue weighted by Crippen LogP contribution is 2.37. The molecule has 7 nitrogen and oxygen atoms in total. The number of amides is 1. The number of fused-ring (bicyclic) bond motifs is 1. The van der Waals surface area contributed by atoms with Crippen LogP contribution in [0.25, 0.3) is 22.0 Å². The number of hydrogen-bond acceptors (Lipinski definition) is 5. The Morgan fingerprint density at radius 2 is 1.85 bits per heavy atom. The monoisotopic (exact) mass is 452 g/mol. The average molecular weight is 453 g/mol. The van der Waals surface area contributed by atoms with E-state index in [4.69, 9.17) is 5.73 Å². The summed E-state index contributed by atoms with van der Waals surface area (Å²) in [4.78, 5) is 29.2. The molecule has 1 aliphatic rings. The van der Waals surface area contributed by atoms with Gasteiger partial charge >= 0.3 is 0 Å². The third-order valence-electron chi connectivity index (χ3n) is 6.16. The van der Waals surface area contributed by atoms with Gasteiger partial charge in [0.25, 0.3) is 11.5 Å². The zero-order valence-electron chi connectivity index (χ0n) is 19.1. The molecular formula is C25H29FN4O3. The molecule has 0 saturated carbocycles. The minimum Gasteiger partial charge on any atom is -0.506 e. The van der Waals surface area contributed by atoms with Crippen LogP contribution < -0.4 is 16.2 Å². The molecule has 0 spiro atoms. The topological polar surface area (TPSA) is 91.8 Å². The summed E-state index contributed by atoms with van der Waals surface area (Å²) in [5, 5.41) is 11.2. The first-order chi connectivity index (χ1) is 15.7. The van der Waals surface area contributed by atoms with Crippen LogP contribution in [0.1, 0.15) is 24.2 Å². The summed E-state index contributed by atoms with van der Waals surface area (Å²) < 4.78 is 16.7. The number of aromatic nitrogens is 1. The van der Waals surface area contributed by atoms with Gasteiger partial charge in [-0.25, -0.2) is 4.39 Å².